The molecule has 3 rings (SSSR count). The van der Waals surface area contributed by atoms with Gasteiger partial charge in [-0.05, 0) is 23.8 Å². The number of rotatable bonds is 7. The summed E-state index contributed by atoms with van der Waals surface area (Å²) in [6, 6.07) is 5.62. The Labute approximate surface area is 182 Å². The van der Waals surface area contributed by atoms with Gasteiger partial charge in [-0.2, -0.15) is 5.10 Å². The lowest BCUT2D eigenvalue weighted by Gasteiger charge is -2.34. The van der Waals surface area contributed by atoms with Crippen molar-refractivity contribution < 1.29 is 19.0 Å². The molecule has 1 amide bonds. The third-order valence-corrected chi connectivity index (χ3v) is 5.16. The normalized spacial score (nSPS) is 14.0. The molecule has 0 radical (unpaired) electrons. The van der Waals surface area contributed by atoms with Gasteiger partial charge in [-0.15, -0.1) is 5.10 Å². The fraction of sp³-hybridized carbons (Fsp3) is 0.409. The predicted molar refractivity (Wildman–Crippen MR) is 120 cm³/mol. The van der Waals surface area contributed by atoms with E-state index in [0.29, 0.717) is 43.4 Å². The van der Waals surface area contributed by atoms with Gasteiger partial charge >= 0.3 is 0 Å². The number of piperazine rings is 1. The first-order valence-corrected chi connectivity index (χ1v) is 9.98. The van der Waals surface area contributed by atoms with Gasteiger partial charge in [-0.25, -0.2) is 0 Å². The molecule has 0 N–H and O–H groups in total. The van der Waals surface area contributed by atoms with E-state index in [1.165, 1.54) is 0 Å². The molecular weight excluding hydrogens is 398 g/mol. The summed E-state index contributed by atoms with van der Waals surface area (Å²) in [7, 11) is 8.62. The standard InChI is InChI=1S/C22H29N5O4/c1-25(2)17-14-20(24-23-15-17)26-8-10-27(11-9-26)21(28)7-6-16-12-18(29-3)22(31-5)19(13-16)30-4/h6-7,12-15H,8-11H2,1-5H3/b7-6+. The number of carbonyl (C=O) groups excluding carboxylic acids is 1. The number of methoxy groups -OCH3 is 3. The summed E-state index contributed by atoms with van der Waals surface area (Å²) in [6.07, 6.45) is 5.06. The molecule has 9 heteroatoms. The number of benzene rings is 1. The third-order valence-electron chi connectivity index (χ3n) is 5.16. The van der Waals surface area contributed by atoms with Crippen LogP contribution in [0.5, 0.6) is 17.2 Å². The van der Waals surface area contributed by atoms with Gasteiger partial charge in [0.2, 0.25) is 11.7 Å². The molecule has 0 unspecified atom stereocenters. The van der Waals surface area contributed by atoms with Crippen molar-refractivity contribution in [2.24, 2.45) is 0 Å². The molecule has 0 bridgehead atoms. The van der Waals surface area contributed by atoms with Crippen molar-refractivity contribution in [2.75, 3.05) is 71.4 Å². The number of nitrogens with zero attached hydrogens (tertiary/aromatic N) is 5. The van der Waals surface area contributed by atoms with E-state index in [-0.39, 0.29) is 5.91 Å². The average Bonchev–Trinajstić information content (AvgIpc) is 2.81. The lowest BCUT2D eigenvalue weighted by molar-refractivity contribution is -0.126. The number of ether oxygens (including phenoxy) is 3. The summed E-state index contributed by atoms with van der Waals surface area (Å²) in [5.74, 6) is 2.39. The smallest absolute Gasteiger partial charge is 0.246 e. The molecule has 0 spiro atoms. The van der Waals surface area contributed by atoms with Crippen molar-refractivity contribution in [3.05, 3.63) is 36.0 Å². The Kier molecular flexibility index (Phi) is 7.17. The second kappa shape index (κ2) is 10.0. The van der Waals surface area contributed by atoms with Gasteiger partial charge in [0.05, 0.1) is 33.2 Å². The lowest BCUT2D eigenvalue weighted by Crippen LogP contribution is -2.48. The van der Waals surface area contributed by atoms with Crippen LogP contribution in [0.3, 0.4) is 0 Å². The molecule has 1 aromatic carbocycles. The molecule has 0 saturated carbocycles. The molecule has 0 atom stereocenters. The van der Waals surface area contributed by atoms with E-state index in [4.69, 9.17) is 14.2 Å². The zero-order valence-corrected chi connectivity index (χ0v) is 18.7. The molecule has 2 heterocycles. The largest absolute Gasteiger partial charge is 0.493 e. The minimum atomic E-state index is -0.0403. The molecular formula is C22H29N5O4. The Hall–Kier alpha value is -3.49. The molecule has 166 valence electrons. The number of anilines is 2. The quantitative estimate of drug-likeness (QED) is 0.620. The maximum absolute atomic E-state index is 12.7. The number of amides is 1. The van der Waals surface area contributed by atoms with Gasteiger partial charge in [0, 0.05) is 52.4 Å². The first kappa shape index (κ1) is 22.2. The summed E-state index contributed by atoms with van der Waals surface area (Å²) in [5, 5.41) is 8.32. The van der Waals surface area contributed by atoms with Crippen molar-refractivity contribution in [2.45, 2.75) is 0 Å². The Bertz CT molecular complexity index is 914. The van der Waals surface area contributed by atoms with Crippen molar-refractivity contribution >= 4 is 23.5 Å². The number of hydrogen-bond acceptors (Lipinski definition) is 8. The average molecular weight is 428 g/mol. The summed E-state index contributed by atoms with van der Waals surface area (Å²) in [5.41, 5.74) is 1.79. The van der Waals surface area contributed by atoms with E-state index in [1.807, 2.05) is 30.0 Å². The predicted octanol–water partition coefficient (Wildman–Crippen LogP) is 1.93. The highest BCUT2D eigenvalue weighted by Crippen LogP contribution is 2.38. The molecule has 9 nitrogen and oxygen atoms in total. The minimum Gasteiger partial charge on any atom is -0.493 e. The van der Waals surface area contributed by atoms with Gasteiger partial charge in [0.15, 0.2) is 17.3 Å². The van der Waals surface area contributed by atoms with Crippen molar-refractivity contribution in [3.8, 4) is 17.2 Å². The first-order chi connectivity index (χ1) is 15.0. The summed E-state index contributed by atoms with van der Waals surface area (Å²) >= 11 is 0. The highest BCUT2D eigenvalue weighted by Gasteiger charge is 2.21. The van der Waals surface area contributed by atoms with Crippen LogP contribution in [0.25, 0.3) is 6.08 Å². The SMILES string of the molecule is COc1cc(/C=C/C(=O)N2CCN(c3cc(N(C)C)cnn3)CC2)cc(OC)c1OC. The van der Waals surface area contributed by atoms with Gasteiger partial charge < -0.3 is 28.9 Å². The maximum Gasteiger partial charge on any atom is 0.246 e. The van der Waals surface area contributed by atoms with Crippen LogP contribution in [0.1, 0.15) is 5.56 Å². The van der Waals surface area contributed by atoms with Gasteiger partial charge in [0.25, 0.3) is 0 Å². The molecule has 31 heavy (non-hydrogen) atoms. The Morgan fingerprint density at radius 3 is 2.19 bits per heavy atom. The van der Waals surface area contributed by atoms with Gasteiger partial charge in [0.1, 0.15) is 0 Å². The maximum atomic E-state index is 12.7. The van der Waals surface area contributed by atoms with Crippen molar-refractivity contribution in [3.63, 3.8) is 0 Å². The zero-order chi connectivity index (χ0) is 22.4. The van der Waals surface area contributed by atoms with Crippen LogP contribution in [-0.4, -0.2) is 82.6 Å². The van der Waals surface area contributed by atoms with E-state index in [1.54, 1.807) is 51.8 Å². The molecule has 1 aliphatic heterocycles. The highest BCUT2D eigenvalue weighted by molar-refractivity contribution is 5.92. The molecule has 1 aliphatic rings. The van der Waals surface area contributed by atoms with Crippen LogP contribution in [0, 0.1) is 0 Å². The van der Waals surface area contributed by atoms with Crippen molar-refractivity contribution in [1.82, 2.24) is 15.1 Å². The molecule has 2 aromatic rings. The van der Waals surface area contributed by atoms with E-state index in [2.05, 4.69) is 15.1 Å². The fourth-order valence-corrected chi connectivity index (χ4v) is 3.37. The second-order valence-corrected chi connectivity index (χ2v) is 7.27. The molecule has 1 saturated heterocycles. The third kappa shape index (κ3) is 5.17. The zero-order valence-electron chi connectivity index (χ0n) is 18.7. The van der Waals surface area contributed by atoms with Crippen molar-refractivity contribution in [1.29, 1.82) is 0 Å². The van der Waals surface area contributed by atoms with E-state index in [0.717, 1.165) is 17.1 Å². The number of carbonyl (C=O) groups is 1. The van der Waals surface area contributed by atoms with E-state index in [9.17, 15) is 4.79 Å². The number of hydrogen-bond donors (Lipinski definition) is 0. The monoisotopic (exact) mass is 427 g/mol. The highest BCUT2D eigenvalue weighted by atomic mass is 16.5. The topological polar surface area (TPSA) is 80.3 Å². The Morgan fingerprint density at radius 1 is 1.00 bits per heavy atom. The first-order valence-electron chi connectivity index (χ1n) is 9.98. The van der Waals surface area contributed by atoms with E-state index < -0.39 is 0 Å². The van der Waals surface area contributed by atoms with Gasteiger partial charge in [-0.3, -0.25) is 4.79 Å². The lowest BCUT2D eigenvalue weighted by atomic mass is 10.1. The Morgan fingerprint density at radius 2 is 1.65 bits per heavy atom. The Balaban J connectivity index is 1.64. The van der Waals surface area contributed by atoms with Crippen LogP contribution >= 0.6 is 0 Å². The van der Waals surface area contributed by atoms with Crippen LogP contribution in [0.2, 0.25) is 0 Å². The summed E-state index contributed by atoms with van der Waals surface area (Å²) in [6.45, 7) is 2.64. The summed E-state index contributed by atoms with van der Waals surface area (Å²) in [4.78, 5) is 18.7. The van der Waals surface area contributed by atoms with Crippen LogP contribution < -0.4 is 24.0 Å². The summed E-state index contributed by atoms with van der Waals surface area (Å²) < 4.78 is 16.1. The second-order valence-electron chi connectivity index (χ2n) is 7.27. The molecule has 1 aromatic heterocycles. The number of aromatic nitrogens is 2. The van der Waals surface area contributed by atoms with Crippen LogP contribution in [0.4, 0.5) is 11.5 Å². The minimum absolute atomic E-state index is 0.0403. The van der Waals surface area contributed by atoms with E-state index >= 15 is 0 Å². The molecule has 0 aliphatic carbocycles. The van der Waals surface area contributed by atoms with Crippen LogP contribution in [-0.2, 0) is 4.79 Å². The van der Waals surface area contributed by atoms with Crippen LogP contribution in [0.15, 0.2) is 30.5 Å². The fourth-order valence-electron chi connectivity index (χ4n) is 3.37. The molecule has 1 fully saturated rings. The van der Waals surface area contributed by atoms with Gasteiger partial charge in [-0.1, -0.05) is 0 Å².